The minimum Gasteiger partial charge on any atom is -0.496 e. The molecule has 1 fully saturated rings. The molecular weight excluding hydrogens is 394 g/mol. The number of aromatic nitrogens is 3. The molecule has 1 saturated carbocycles. The van der Waals surface area contributed by atoms with Gasteiger partial charge in [-0.2, -0.15) is 0 Å². The van der Waals surface area contributed by atoms with Gasteiger partial charge in [-0.1, -0.05) is 0 Å². The van der Waals surface area contributed by atoms with E-state index in [1.807, 2.05) is 32.0 Å². The molecule has 2 heterocycles. The molecular formula is C23H27N5O3. The van der Waals surface area contributed by atoms with Crippen LogP contribution in [0.15, 0.2) is 24.5 Å². The summed E-state index contributed by atoms with van der Waals surface area (Å²) < 4.78 is 11.5. The highest BCUT2D eigenvalue weighted by Crippen LogP contribution is 2.37. The third kappa shape index (κ3) is 4.38. The average molecular weight is 422 g/mol. The molecule has 0 unspecified atom stereocenters. The summed E-state index contributed by atoms with van der Waals surface area (Å²) in [6.07, 6.45) is 5.68. The number of amides is 1. The normalized spacial score (nSPS) is 14.3. The van der Waals surface area contributed by atoms with E-state index in [0.717, 1.165) is 17.9 Å². The Morgan fingerprint density at radius 2 is 2.19 bits per heavy atom. The molecule has 0 aliphatic heterocycles. The number of ether oxygens (including phenoxy) is 2. The molecule has 1 atom stereocenters. The third-order valence-electron chi connectivity index (χ3n) is 5.46. The summed E-state index contributed by atoms with van der Waals surface area (Å²) in [5, 5.41) is 10.2. The van der Waals surface area contributed by atoms with Gasteiger partial charge in [0.1, 0.15) is 29.0 Å². The Kier molecular flexibility index (Phi) is 5.88. The molecule has 0 spiro atoms. The van der Waals surface area contributed by atoms with E-state index in [1.165, 1.54) is 25.4 Å². The van der Waals surface area contributed by atoms with Crippen LogP contribution in [-0.4, -0.2) is 46.8 Å². The van der Waals surface area contributed by atoms with Crippen LogP contribution in [-0.2, 0) is 0 Å². The summed E-state index contributed by atoms with van der Waals surface area (Å²) in [6, 6.07) is 5.56. The minimum absolute atomic E-state index is 0.140. The van der Waals surface area contributed by atoms with Crippen molar-refractivity contribution in [3.8, 4) is 22.8 Å². The topological polar surface area (TPSA) is 113 Å². The van der Waals surface area contributed by atoms with Crippen LogP contribution < -0.4 is 14.8 Å². The van der Waals surface area contributed by atoms with Gasteiger partial charge in [-0.25, -0.2) is 9.97 Å². The van der Waals surface area contributed by atoms with Gasteiger partial charge in [0.05, 0.1) is 24.8 Å². The number of aryl methyl sites for hydroxylation is 1. The second-order valence-corrected chi connectivity index (χ2v) is 8.00. The molecule has 8 heteroatoms. The Hall–Kier alpha value is -3.42. The van der Waals surface area contributed by atoms with Crippen LogP contribution in [0.4, 0.5) is 0 Å². The van der Waals surface area contributed by atoms with Crippen LogP contribution >= 0.6 is 0 Å². The van der Waals surface area contributed by atoms with Crippen molar-refractivity contribution in [3.63, 3.8) is 0 Å². The van der Waals surface area contributed by atoms with Gasteiger partial charge in [0.15, 0.2) is 0 Å². The second-order valence-electron chi connectivity index (χ2n) is 8.00. The number of nitrogens with one attached hydrogen (secondary N) is 3. The van der Waals surface area contributed by atoms with Gasteiger partial charge >= 0.3 is 0 Å². The quantitative estimate of drug-likeness (QED) is 0.454. The summed E-state index contributed by atoms with van der Waals surface area (Å²) >= 11 is 0. The zero-order chi connectivity index (χ0) is 22.0. The number of rotatable bonds is 9. The van der Waals surface area contributed by atoms with E-state index in [4.69, 9.17) is 14.9 Å². The van der Waals surface area contributed by atoms with Gasteiger partial charge in [-0.05, 0) is 51.0 Å². The van der Waals surface area contributed by atoms with Crippen molar-refractivity contribution >= 4 is 23.2 Å². The zero-order valence-corrected chi connectivity index (χ0v) is 18.0. The van der Waals surface area contributed by atoms with E-state index < -0.39 is 0 Å². The van der Waals surface area contributed by atoms with Gasteiger partial charge in [0.2, 0.25) is 0 Å². The van der Waals surface area contributed by atoms with Crippen LogP contribution in [0.2, 0.25) is 0 Å². The lowest BCUT2D eigenvalue weighted by Crippen LogP contribution is -2.33. The Morgan fingerprint density at radius 1 is 1.39 bits per heavy atom. The molecule has 31 heavy (non-hydrogen) atoms. The van der Waals surface area contributed by atoms with Crippen LogP contribution in [0, 0.1) is 18.3 Å². The summed E-state index contributed by atoms with van der Waals surface area (Å²) in [4.78, 5) is 25.0. The summed E-state index contributed by atoms with van der Waals surface area (Å²) in [7, 11) is 1.62. The number of carbonyl (C=O) groups is 1. The molecule has 0 saturated heterocycles. The fourth-order valence-electron chi connectivity index (χ4n) is 3.59. The first kappa shape index (κ1) is 20.8. The highest BCUT2D eigenvalue weighted by atomic mass is 16.5. The number of hydrogen-bond acceptors (Lipinski definition) is 6. The van der Waals surface area contributed by atoms with E-state index >= 15 is 0 Å². The molecule has 0 bridgehead atoms. The molecule has 4 rings (SSSR count). The van der Waals surface area contributed by atoms with E-state index in [9.17, 15) is 4.79 Å². The van der Waals surface area contributed by atoms with Crippen molar-refractivity contribution in [2.75, 3.05) is 13.7 Å². The van der Waals surface area contributed by atoms with Crippen molar-refractivity contribution < 1.29 is 14.3 Å². The average Bonchev–Trinajstić information content (AvgIpc) is 3.52. The van der Waals surface area contributed by atoms with Crippen molar-refractivity contribution in [1.82, 2.24) is 20.3 Å². The first-order chi connectivity index (χ1) is 15.0. The lowest BCUT2D eigenvalue weighted by Gasteiger charge is -2.12. The summed E-state index contributed by atoms with van der Waals surface area (Å²) in [6.45, 7) is 4.43. The molecule has 1 aromatic carbocycles. The van der Waals surface area contributed by atoms with Crippen molar-refractivity contribution in [2.45, 2.75) is 39.2 Å². The van der Waals surface area contributed by atoms with Crippen LogP contribution in [0.25, 0.3) is 22.3 Å². The maximum Gasteiger partial charge on any atom is 0.255 e. The first-order valence-electron chi connectivity index (χ1n) is 10.5. The highest BCUT2D eigenvalue weighted by Gasteiger charge is 2.24. The number of fused-ring (bicyclic) bond motifs is 1. The number of hydrogen-bond donors (Lipinski definition) is 3. The number of carbonyl (C=O) groups excluding carboxylic acids is 1. The smallest absolute Gasteiger partial charge is 0.255 e. The lowest BCUT2D eigenvalue weighted by molar-refractivity contribution is 0.0942. The van der Waals surface area contributed by atoms with Crippen molar-refractivity contribution in [3.05, 3.63) is 35.8 Å². The van der Waals surface area contributed by atoms with Crippen molar-refractivity contribution in [1.29, 1.82) is 5.41 Å². The van der Waals surface area contributed by atoms with Gasteiger partial charge in [-0.15, -0.1) is 0 Å². The van der Waals surface area contributed by atoms with E-state index in [2.05, 4.69) is 20.3 Å². The number of benzene rings is 1. The SMILES string of the molecule is COc1cc(OCC2CC2)ccc1-c1ncnc2c(C(=O)N[C@H](C)CC=N)c(C)[nH]c12. The number of methoxy groups -OCH3 is 1. The predicted molar refractivity (Wildman–Crippen MR) is 119 cm³/mol. The van der Waals surface area contributed by atoms with E-state index in [0.29, 0.717) is 46.1 Å². The maximum absolute atomic E-state index is 12.9. The maximum atomic E-state index is 12.9. The van der Waals surface area contributed by atoms with Gasteiger partial charge < -0.3 is 25.2 Å². The van der Waals surface area contributed by atoms with Gasteiger partial charge in [-0.3, -0.25) is 4.79 Å². The van der Waals surface area contributed by atoms with Gasteiger partial charge in [0.25, 0.3) is 5.91 Å². The number of aromatic amines is 1. The number of H-pyrrole nitrogens is 1. The largest absolute Gasteiger partial charge is 0.496 e. The standard InChI is InChI=1S/C23H27N5O3/c1-13(8-9-24)27-23(29)19-14(2)28-22-20(25-12-26-21(19)22)17-7-6-16(10-18(17)30-3)31-11-15-4-5-15/h6-7,9-10,12-13,15,24,28H,4-5,8,11H2,1-3H3,(H,27,29)/t13-/m1/s1. The molecule has 162 valence electrons. The molecule has 3 aromatic rings. The minimum atomic E-state index is -0.224. The third-order valence-corrected chi connectivity index (χ3v) is 5.46. The van der Waals surface area contributed by atoms with Crippen molar-refractivity contribution in [2.24, 2.45) is 5.92 Å². The molecule has 3 N–H and O–H groups in total. The molecule has 1 aliphatic carbocycles. The second kappa shape index (κ2) is 8.75. The fraction of sp³-hybridized carbons (Fsp3) is 0.391. The summed E-state index contributed by atoms with van der Waals surface area (Å²) in [5.74, 6) is 1.85. The van der Waals surface area contributed by atoms with Crippen LogP contribution in [0.1, 0.15) is 42.2 Å². The molecule has 2 aromatic heterocycles. The monoisotopic (exact) mass is 421 g/mol. The highest BCUT2D eigenvalue weighted by molar-refractivity contribution is 6.09. The number of nitrogens with zero attached hydrogens (tertiary/aromatic N) is 2. The van der Waals surface area contributed by atoms with E-state index in [-0.39, 0.29) is 11.9 Å². The molecule has 8 nitrogen and oxygen atoms in total. The van der Waals surface area contributed by atoms with Crippen LogP contribution in [0.5, 0.6) is 11.5 Å². The fourth-order valence-corrected chi connectivity index (χ4v) is 3.59. The molecule has 0 radical (unpaired) electrons. The van der Waals surface area contributed by atoms with Gasteiger partial charge in [0, 0.05) is 29.8 Å². The molecule has 1 amide bonds. The lowest BCUT2D eigenvalue weighted by atomic mass is 10.1. The Labute approximate surface area is 180 Å². The predicted octanol–water partition coefficient (Wildman–Crippen LogP) is 3.89. The Balaban J connectivity index is 1.70. The summed E-state index contributed by atoms with van der Waals surface area (Å²) in [5.41, 5.74) is 3.87. The molecule has 1 aliphatic rings. The van der Waals surface area contributed by atoms with E-state index in [1.54, 1.807) is 7.11 Å². The zero-order valence-electron chi connectivity index (χ0n) is 18.0. The van der Waals surface area contributed by atoms with Crippen LogP contribution in [0.3, 0.4) is 0 Å². The first-order valence-corrected chi connectivity index (χ1v) is 10.5. The Bertz CT molecular complexity index is 1120. The Morgan fingerprint density at radius 3 is 2.90 bits per heavy atom.